The highest BCUT2D eigenvalue weighted by molar-refractivity contribution is 9.10. The zero-order valence-electron chi connectivity index (χ0n) is 11.4. The van der Waals surface area contributed by atoms with Crippen LogP contribution >= 0.6 is 15.9 Å². The van der Waals surface area contributed by atoms with E-state index in [1.807, 2.05) is 12.1 Å². The Hall–Kier alpha value is -0.540. The van der Waals surface area contributed by atoms with E-state index < -0.39 is 6.10 Å². The van der Waals surface area contributed by atoms with Gasteiger partial charge in [-0.25, -0.2) is 0 Å². The Bertz CT molecular complexity index is 409. The lowest BCUT2D eigenvalue weighted by Crippen LogP contribution is -2.38. The van der Waals surface area contributed by atoms with Crippen LogP contribution in [0.15, 0.2) is 22.7 Å². The van der Waals surface area contributed by atoms with Crippen LogP contribution in [0.25, 0.3) is 0 Å². The summed E-state index contributed by atoms with van der Waals surface area (Å²) in [6.07, 6.45) is 0.912. The van der Waals surface area contributed by atoms with Gasteiger partial charge in [0.2, 0.25) is 0 Å². The van der Waals surface area contributed by atoms with Crippen molar-refractivity contribution < 1.29 is 5.11 Å². The summed E-state index contributed by atoms with van der Waals surface area (Å²) in [5.74, 6) is 1.49. The van der Waals surface area contributed by atoms with Crippen LogP contribution in [0.4, 0.5) is 5.69 Å². The van der Waals surface area contributed by atoms with E-state index in [0.717, 1.165) is 35.0 Å². The highest BCUT2D eigenvalue weighted by Gasteiger charge is 2.23. The zero-order valence-corrected chi connectivity index (χ0v) is 12.9. The molecule has 18 heavy (non-hydrogen) atoms. The highest BCUT2D eigenvalue weighted by atomic mass is 79.9. The van der Waals surface area contributed by atoms with Gasteiger partial charge in [-0.2, -0.15) is 0 Å². The molecule has 0 spiro atoms. The Labute approximate surface area is 118 Å². The molecule has 0 saturated carbocycles. The molecule has 1 aliphatic heterocycles. The molecule has 2 nitrogen and oxygen atoms in total. The molecule has 1 aromatic carbocycles. The molecule has 2 rings (SSSR count). The number of hydrogen-bond acceptors (Lipinski definition) is 2. The van der Waals surface area contributed by atoms with Crippen molar-refractivity contribution in [3.63, 3.8) is 0 Å². The van der Waals surface area contributed by atoms with E-state index in [2.05, 4.69) is 40.7 Å². The van der Waals surface area contributed by atoms with Crippen molar-refractivity contribution in [2.24, 2.45) is 11.8 Å². The van der Waals surface area contributed by atoms with Gasteiger partial charge in [-0.15, -0.1) is 0 Å². The van der Waals surface area contributed by atoms with Crippen molar-refractivity contribution in [2.45, 2.75) is 33.3 Å². The average molecular weight is 312 g/mol. The van der Waals surface area contributed by atoms with Crippen LogP contribution in [0.3, 0.4) is 0 Å². The molecule has 0 amide bonds. The minimum Gasteiger partial charge on any atom is -0.389 e. The van der Waals surface area contributed by atoms with Gasteiger partial charge in [-0.1, -0.05) is 19.9 Å². The number of nitrogens with zero attached hydrogens (tertiary/aromatic N) is 1. The van der Waals surface area contributed by atoms with Gasteiger partial charge in [-0.05, 0) is 58.8 Å². The van der Waals surface area contributed by atoms with Crippen LogP contribution in [0.5, 0.6) is 0 Å². The molecular formula is C15H22BrNO. The van der Waals surface area contributed by atoms with Crippen molar-refractivity contribution in [1.82, 2.24) is 0 Å². The Morgan fingerprint density at radius 3 is 2.39 bits per heavy atom. The summed E-state index contributed by atoms with van der Waals surface area (Å²) >= 11 is 3.64. The summed E-state index contributed by atoms with van der Waals surface area (Å²) in [6.45, 7) is 8.68. The number of anilines is 1. The van der Waals surface area contributed by atoms with Crippen LogP contribution in [0, 0.1) is 11.8 Å². The maximum absolute atomic E-state index is 9.60. The first-order valence-corrected chi connectivity index (χ1v) is 7.49. The molecule has 1 heterocycles. The Balaban J connectivity index is 2.22. The first-order chi connectivity index (χ1) is 8.47. The molecule has 3 heteroatoms. The predicted octanol–water partition coefficient (Wildman–Crippen LogP) is 3.98. The standard InChI is InChI=1S/C15H22BrNO/c1-10-6-11(2)9-17(8-10)15-5-4-13(12(3)18)7-14(15)16/h4-5,7,10-12,18H,6,8-9H2,1-3H3/t10?,11?,12-/m1/s1. The normalized spacial score (nSPS) is 26.2. The zero-order chi connectivity index (χ0) is 13.3. The van der Waals surface area contributed by atoms with Crippen molar-refractivity contribution in [1.29, 1.82) is 0 Å². The van der Waals surface area contributed by atoms with E-state index in [4.69, 9.17) is 0 Å². The smallest absolute Gasteiger partial charge is 0.0762 e. The Morgan fingerprint density at radius 1 is 1.28 bits per heavy atom. The number of aliphatic hydroxyl groups is 1. The average Bonchev–Trinajstić information content (AvgIpc) is 2.27. The minimum atomic E-state index is -0.408. The van der Waals surface area contributed by atoms with Crippen LogP contribution < -0.4 is 4.90 Å². The molecule has 2 unspecified atom stereocenters. The lowest BCUT2D eigenvalue weighted by molar-refractivity contribution is 0.199. The summed E-state index contributed by atoms with van der Waals surface area (Å²) in [5, 5.41) is 9.60. The summed E-state index contributed by atoms with van der Waals surface area (Å²) in [4.78, 5) is 2.45. The van der Waals surface area contributed by atoms with Crippen LogP contribution in [0.1, 0.15) is 38.9 Å². The van der Waals surface area contributed by atoms with E-state index in [0.29, 0.717) is 0 Å². The topological polar surface area (TPSA) is 23.5 Å². The molecule has 0 radical (unpaired) electrons. The second-order valence-electron chi connectivity index (χ2n) is 5.74. The molecule has 1 aromatic rings. The van der Waals surface area contributed by atoms with Gasteiger partial charge in [0.05, 0.1) is 11.8 Å². The van der Waals surface area contributed by atoms with E-state index in [-0.39, 0.29) is 0 Å². The fourth-order valence-electron chi connectivity index (χ4n) is 2.90. The van der Waals surface area contributed by atoms with Gasteiger partial charge >= 0.3 is 0 Å². The third-order valence-electron chi connectivity index (χ3n) is 3.66. The van der Waals surface area contributed by atoms with Crippen LogP contribution in [0.2, 0.25) is 0 Å². The van der Waals surface area contributed by atoms with Gasteiger partial charge in [0.1, 0.15) is 0 Å². The molecular weight excluding hydrogens is 290 g/mol. The second-order valence-corrected chi connectivity index (χ2v) is 6.59. The molecule has 1 aliphatic rings. The van der Waals surface area contributed by atoms with E-state index in [1.165, 1.54) is 12.1 Å². The number of benzene rings is 1. The van der Waals surface area contributed by atoms with Gasteiger partial charge in [0, 0.05) is 17.6 Å². The number of aliphatic hydroxyl groups excluding tert-OH is 1. The van der Waals surface area contributed by atoms with Gasteiger partial charge in [-0.3, -0.25) is 0 Å². The molecule has 1 saturated heterocycles. The number of piperidine rings is 1. The number of halogens is 1. The van der Waals surface area contributed by atoms with Gasteiger partial charge < -0.3 is 10.0 Å². The van der Waals surface area contributed by atoms with E-state index >= 15 is 0 Å². The third-order valence-corrected chi connectivity index (χ3v) is 4.30. The molecule has 1 fully saturated rings. The Kier molecular flexibility index (Phi) is 4.33. The van der Waals surface area contributed by atoms with E-state index in [9.17, 15) is 5.11 Å². The SMILES string of the molecule is CC1CC(C)CN(c2ccc([C@@H](C)O)cc2Br)C1. The van der Waals surface area contributed by atoms with E-state index in [1.54, 1.807) is 6.92 Å². The quantitative estimate of drug-likeness (QED) is 0.893. The largest absolute Gasteiger partial charge is 0.389 e. The summed E-state index contributed by atoms with van der Waals surface area (Å²) in [7, 11) is 0. The van der Waals surface area contributed by atoms with Crippen LogP contribution in [-0.2, 0) is 0 Å². The first kappa shape index (κ1) is 13.9. The Morgan fingerprint density at radius 2 is 1.89 bits per heavy atom. The minimum absolute atomic E-state index is 0.408. The third kappa shape index (κ3) is 3.07. The molecule has 0 aliphatic carbocycles. The van der Waals surface area contributed by atoms with Gasteiger partial charge in [0.15, 0.2) is 0 Å². The summed E-state index contributed by atoms with van der Waals surface area (Å²) in [6, 6.07) is 6.18. The molecule has 0 aromatic heterocycles. The number of rotatable bonds is 2. The fraction of sp³-hybridized carbons (Fsp3) is 0.600. The van der Waals surface area contributed by atoms with Crippen LogP contribution in [-0.4, -0.2) is 18.2 Å². The van der Waals surface area contributed by atoms with Crippen molar-refractivity contribution >= 4 is 21.6 Å². The lowest BCUT2D eigenvalue weighted by atomic mass is 9.91. The molecule has 0 bridgehead atoms. The van der Waals surface area contributed by atoms with Crippen molar-refractivity contribution in [3.8, 4) is 0 Å². The summed E-state index contributed by atoms with van der Waals surface area (Å²) < 4.78 is 1.09. The molecule has 3 atom stereocenters. The number of hydrogen-bond donors (Lipinski definition) is 1. The first-order valence-electron chi connectivity index (χ1n) is 6.69. The van der Waals surface area contributed by atoms with Crippen molar-refractivity contribution in [2.75, 3.05) is 18.0 Å². The fourth-order valence-corrected chi connectivity index (χ4v) is 3.55. The second kappa shape index (κ2) is 5.62. The lowest BCUT2D eigenvalue weighted by Gasteiger charge is -2.37. The van der Waals surface area contributed by atoms with Gasteiger partial charge in [0.25, 0.3) is 0 Å². The molecule has 100 valence electrons. The molecule has 1 N–H and O–H groups in total. The van der Waals surface area contributed by atoms with Crippen molar-refractivity contribution in [3.05, 3.63) is 28.2 Å². The monoisotopic (exact) mass is 311 g/mol. The maximum Gasteiger partial charge on any atom is 0.0762 e. The predicted molar refractivity (Wildman–Crippen MR) is 79.9 cm³/mol. The highest BCUT2D eigenvalue weighted by Crippen LogP contribution is 2.33. The summed E-state index contributed by atoms with van der Waals surface area (Å²) in [5.41, 5.74) is 2.21. The maximum atomic E-state index is 9.60.